The third-order valence-corrected chi connectivity index (χ3v) is 6.43. The van der Waals surface area contributed by atoms with Crippen LogP contribution in [0.25, 0.3) is 0 Å². The molecule has 0 unspecified atom stereocenters. The van der Waals surface area contributed by atoms with E-state index in [9.17, 15) is 9.59 Å². The Balaban J connectivity index is 0. The molecule has 0 aromatic carbocycles. The SMILES string of the molecule is C1CCC1.C=C(CCN(CCC)CCN(CCC(=O)NCCN)CCC(=O)NCCNC)NCCN.C=CNCCN. The molecule has 1 aliphatic rings. The van der Waals surface area contributed by atoms with Gasteiger partial charge in [-0.25, -0.2) is 0 Å². The van der Waals surface area contributed by atoms with Crippen LogP contribution in [0.1, 0.15) is 58.3 Å². The van der Waals surface area contributed by atoms with E-state index >= 15 is 0 Å². The number of carbonyl (C=O) groups excluding carboxylic acids is 2. The van der Waals surface area contributed by atoms with Crippen LogP contribution >= 0.6 is 0 Å². The summed E-state index contributed by atoms with van der Waals surface area (Å²) in [6.45, 7) is 19.6. The number of hydrogen-bond donors (Lipinski definition) is 8. The van der Waals surface area contributed by atoms with Crippen molar-refractivity contribution in [3.8, 4) is 0 Å². The molecule has 0 aliphatic heterocycles. The Kier molecular flexibility index (Phi) is 33.2. The maximum atomic E-state index is 12.1. The van der Waals surface area contributed by atoms with Gasteiger partial charge in [-0.15, -0.1) is 0 Å². The smallest absolute Gasteiger partial charge is 0.221 e. The average Bonchev–Trinajstić information content (AvgIpc) is 2.95. The van der Waals surface area contributed by atoms with E-state index in [4.69, 9.17) is 17.2 Å². The Morgan fingerprint density at radius 2 is 1.17 bits per heavy atom. The van der Waals surface area contributed by atoms with E-state index in [2.05, 4.69) is 56.5 Å². The van der Waals surface area contributed by atoms with Crippen molar-refractivity contribution < 1.29 is 9.59 Å². The van der Waals surface area contributed by atoms with E-state index in [1.54, 1.807) is 6.20 Å². The zero-order valence-corrected chi connectivity index (χ0v) is 27.0. The van der Waals surface area contributed by atoms with Crippen LogP contribution in [0.4, 0.5) is 0 Å². The van der Waals surface area contributed by atoms with Gasteiger partial charge in [0.25, 0.3) is 0 Å². The van der Waals surface area contributed by atoms with Crippen LogP contribution in [-0.2, 0) is 9.59 Å². The standard InChI is InChI=1S/C22H48N8O2.C4H10N2.C4H8/c1-4-14-29(15-5-20(2)26-10-8-23)18-19-30(16-6-21(31)27-11-9-24)17-7-22(32)28-13-12-25-3;1-2-6-4-3-5;1-2-4-3-1/h25-26H,2,4-19,23-24H2,1,3H3,(H,27,31)(H,28,32);2,6H,1,3-5H2;1-4H2. The van der Waals surface area contributed by atoms with E-state index in [-0.39, 0.29) is 11.8 Å². The van der Waals surface area contributed by atoms with Gasteiger partial charge < -0.3 is 53.6 Å². The Bertz CT molecular complexity index is 644. The summed E-state index contributed by atoms with van der Waals surface area (Å²) in [4.78, 5) is 28.7. The molecule has 1 fully saturated rings. The fraction of sp³-hybridized carbons (Fsp3) is 0.800. The Hall–Kier alpha value is -2.22. The van der Waals surface area contributed by atoms with Crippen LogP contribution in [0, 0.1) is 0 Å². The van der Waals surface area contributed by atoms with Gasteiger partial charge in [0.05, 0.1) is 0 Å². The van der Waals surface area contributed by atoms with Crippen LogP contribution in [-0.4, -0.2) is 120 Å². The van der Waals surface area contributed by atoms with E-state index in [1.807, 2.05) is 7.05 Å². The van der Waals surface area contributed by atoms with Gasteiger partial charge in [-0.05, 0) is 32.6 Å². The van der Waals surface area contributed by atoms with Crippen molar-refractivity contribution in [2.75, 3.05) is 98.7 Å². The third-order valence-electron chi connectivity index (χ3n) is 6.43. The molecule has 1 rings (SSSR count). The Morgan fingerprint density at radius 3 is 1.60 bits per heavy atom. The lowest BCUT2D eigenvalue weighted by Crippen LogP contribution is -2.40. The minimum atomic E-state index is -0.00777. The molecule has 0 aromatic heterocycles. The molecule has 12 nitrogen and oxygen atoms in total. The highest BCUT2D eigenvalue weighted by atomic mass is 16.2. The predicted molar refractivity (Wildman–Crippen MR) is 178 cm³/mol. The molecule has 1 aliphatic carbocycles. The first-order chi connectivity index (χ1) is 20.4. The first kappa shape index (κ1) is 41.9. The molecule has 0 heterocycles. The van der Waals surface area contributed by atoms with Crippen LogP contribution in [0.15, 0.2) is 25.1 Å². The number of amides is 2. The van der Waals surface area contributed by atoms with Crippen molar-refractivity contribution in [2.24, 2.45) is 17.2 Å². The second-order valence-electron chi connectivity index (χ2n) is 10.2. The molecule has 1 saturated carbocycles. The summed E-state index contributed by atoms with van der Waals surface area (Å²) in [5.41, 5.74) is 17.1. The van der Waals surface area contributed by atoms with Gasteiger partial charge in [-0.1, -0.05) is 45.8 Å². The molecule has 11 N–H and O–H groups in total. The second kappa shape index (κ2) is 33.3. The van der Waals surface area contributed by atoms with Gasteiger partial charge in [0.1, 0.15) is 0 Å². The van der Waals surface area contributed by atoms with E-state index in [1.165, 1.54) is 25.7 Å². The normalized spacial score (nSPS) is 11.8. The fourth-order valence-corrected chi connectivity index (χ4v) is 3.57. The number of likely N-dealkylation sites (N-methyl/N-ethyl adjacent to an activating group) is 1. The minimum absolute atomic E-state index is 0.00777. The van der Waals surface area contributed by atoms with Gasteiger partial charge in [0.15, 0.2) is 0 Å². The average molecular weight is 599 g/mol. The van der Waals surface area contributed by atoms with E-state index in [0.29, 0.717) is 58.7 Å². The molecule has 2 amide bonds. The summed E-state index contributed by atoms with van der Waals surface area (Å²) >= 11 is 0. The van der Waals surface area contributed by atoms with Crippen molar-refractivity contribution in [3.63, 3.8) is 0 Å². The summed E-state index contributed by atoms with van der Waals surface area (Å²) in [6, 6.07) is 0. The molecule has 0 aromatic rings. The van der Waals surface area contributed by atoms with Crippen molar-refractivity contribution >= 4 is 11.8 Å². The van der Waals surface area contributed by atoms with Crippen LogP contribution in [0.5, 0.6) is 0 Å². The zero-order chi connectivity index (χ0) is 31.7. The molecular weight excluding hydrogens is 532 g/mol. The summed E-state index contributed by atoms with van der Waals surface area (Å²) in [7, 11) is 1.86. The Labute approximate surface area is 257 Å². The number of hydrogen-bond acceptors (Lipinski definition) is 10. The van der Waals surface area contributed by atoms with Crippen molar-refractivity contribution in [2.45, 2.75) is 58.3 Å². The molecule has 0 atom stereocenters. The van der Waals surface area contributed by atoms with Crippen LogP contribution in [0.2, 0.25) is 0 Å². The van der Waals surface area contributed by atoms with Gasteiger partial charge in [0.2, 0.25) is 11.8 Å². The lowest BCUT2D eigenvalue weighted by atomic mass is 10.0. The maximum Gasteiger partial charge on any atom is 0.221 e. The quantitative estimate of drug-likeness (QED) is 0.0661. The first-order valence-electron chi connectivity index (χ1n) is 15.9. The highest BCUT2D eigenvalue weighted by molar-refractivity contribution is 5.76. The zero-order valence-electron chi connectivity index (χ0n) is 27.0. The molecule has 248 valence electrons. The largest absolute Gasteiger partial charge is 0.390 e. The monoisotopic (exact) mass is 599 g/mol. The topological polar surface area (TPSA) is 179 Å². The predicted octanol–water partition coefficient (Wildman–Crippen LogP) is -0.118. The minimum Gasteiger partial charge on any atom is -0.390 e. The third kappa shape index (κ3) is 30.7. The van der Waals surface area contributed by atoms with Crippen molar-refractivity contribution in [1.29, 1.82) is 0 Å². The lowest BCUT2D eigenvalue weighted by molar-refractivity contribution is -0.121. The van der Waals surface area contributed by atoms with Gasteiger partial charge in [0, 0.05) is 104 Å². The highest BCUT2D eigenvalue weighted by Gasteiger charge is 2.13. The van der Waals surface area contributed by atoms with Crippen LogP contribution in [0.3, 0.4) is 0 Å². The number of nitrogens with zero attached hydrogens (tertiary/aromatic N) is 2. The van der Waals surface area contributed by atoms with Crippen molar-refractivity contribution in [1.82, 2.24) is 36.4 Å². The van der Waals surface area contributed by atoms with E-state index < -0.39 is 0 Å². The molecule has 12 heteroatoms. The summed E-state index contributed by atoms with van der Waals surface area (Å²) in [5.74, 6) is 0.0251. The molecule has 0 radical (unpaired) electrons. The molecule has 42 heavy (non-hydrogen) atoms. The molecular formula is C30H66N10O2. The molecule has 0 bridgehead atoms. The highest BCUT2D eigenvalue weighted by Crippen LogP contribution is 2.15. The van der Waals surface area contributed by atoms with E-state index in [0.717, 1.165) is 64.4 Å². The molecule has 0 saturated heterocycles. The van der Waals surface area contributed by atoms with Crippen LogP contribution < -0.4 is 43.8 Å². The van der Waals surface area contributed by atoms with Gasteiger partial charge in [-0.3, -0.25) is 9.59 Å². The number of nitrogens with two attached hydrogens (primary N) is 3. The summed E-state index contributed by atoms with van der Waals surface area (Å²) in [5, 5.41) is 14.8. The number of nitrogens with one attached hydrogen (secondary N) is 5. The molecule has 0 spiro atoms. The summed E-state index contributed by atoms with van der Waals surface area (Å²) < 4.78 is 0. The summed E-state index contributed by atoms with van der Waals surface area (Å²) in [6.07, 6.45) is 10.4. The van der Waals surface area contributed by atoms with Gasteiger partial charge in [-0.2, -0.15) is 0 Å². The fourth-order valence-electron chi connectivity index (χ4n) is 3.57. The number of carbonyl (C=O) groups is 2. The Morgan fingerprint density at radius 1 is 0.690 bits per heavy atom. The first-order valence-corrected chi connectivity index (χ1v) is 15.9. The maximum absolute atomic E-state index is 12.1. The van der Waals surface area contributed by atoms with Gasteiger partial charge >= 0.3 is 0 Å². The van der Waals surface area contributed by atoms with Crippen molar-refractivity contribution in [3.05, 3.63) is 25.1 Å². The second-order valence-corrected chi connectivity index (χ2v) is 10.2. The number of rotatable bonds is 25. The lowest BCUT2D eigenvalue weighted by Gasteiger charge is -2.28.